The Morgan fingerprint density at radius 2 is 2.21 bits per heavy atom. The molecule has 0 amide bonds. The summed E-state index contributed by atoms with van der Waals surface area (Å²) in [7, 11) is 1.90. The molecule has 0 saturated carbocycles. The van der Waals surface area contributed by atoms with E-state index in [1.54, 1.807) is 10.7 Å². The van der Waals surface area contributed by atoms with Gasteiger partial charge in [0.05, 0.1) is 5.69 Å². The molecule has 2 aromatic heterocycles. The summed E-state index contributed by atoms with van der Waals surface area (Å²) in [4.78, 5) is 8.38. The molecule has 2 aromatic rings. The van der Waals surface area contributed by atoms with E-state index in [4.69, 9.17) is 5.26 Å². The molecule has 0 radical (unpaired) electrons. The number of hydrogen-bond acceptors (Lipinski definition) is 5. The molecular weight excluding hydrogens is 240 g/mol. The topological polar surface area (TPSA) is 79.4 Å². The van der Waals surface area contributed by atoms with E-state index in [0.717, 1.165) is 23.4 Å². The molecule has 6 heteroatoms. The minimum Gasteiger partial charge on any atom is -0.350 e. The molecule has 0 aliphatic rings. The molecule has 6 nitrogen and oxygen atoms in total. The summed E-state index contributed by atoms with van der Waals surface area (Å²) in [5.74, 6) is 0.474. The Bertz CT molecular complexity index is 623. The third-order valence-electron chi connectivity index (χ3n) is 2.73. The van der Waals surface area contributed by atoms with Crippen molar-refractivity contribution in [1.82, 2.24) is 19.7 Å². The number of nitrogens with zero attached hydrogens (tertiary/aromatic N) is 5. The highest BCUT2D eigenvalue weighted by Crippen LogP contribution is 2.10. The van der Waals surface area contributed by atoms with Crippen molar-refractivity contribution in [3.05, 3.63) is 34.9 Å². The largest absolute Gasteiger partial charge is 0.350 e. The quantitative estimate of drug-likeness (QED) is 0.898. The summed E-state index contributed by atoms with van der Waals surface area (Å²) in [5, 5.41) is 16.4. The number of aryl methyl sites for hydroxylation is 3. The average Bonchev–Trinajstić information content (AvgIpc) is 2.76. The molecule has 19 heavy (non-hydrogen) atoms. The first-order valence-corrected chi connectivity index (χ1v) is 6.13. The molecule has 0 saturated heterocycles. The van der Waals surface area contributed by atoms with Crippen LogP contribution in [0.1, 0.15) is 29.6 Å². The van der Waals surface area contributed by atoms with Crippen LogP contribution in [0.15, 0.2) is 12.3 Å². The van der Waals surface area contributed by atoms with E-state index in [-0.39, 0.29) is 0 Å². The summed E-state index contributed by atoms with van der Waals surface area (Å²) in [6.45, 7) is 4.52. The average molecular weight is 256 g/mol. The minimum atomic E-state index is 0.372. The van der Waals surface area contributed by atoms with Crippen LogP contribution in [-0.4, -0.2) is 19.7 Å². The number of nitriles is 1. The Morgan fingerprint density at radius 3 is 2.89 bits per heavy atom. The van der Waals surface area contributed by atoms with Crippen molar-refractivity contribution in [2.75, 3.05) is 5.32 Å². The third-order valence-corrected chi connectivity index (χ3v) is 2.73. The van der Waals surface area contributed by atoms with Gasteiger partial charge in [-0.2, -0.15) is 10.4 Å². The van der Waals surface area contributed by atoms with Crippen molar-refractivity contribution >= 4 is 5.95 Å². The smallest absolute Gasteiger partial charge is 0.224 e. The Kier molecular flexibility index (Phi) is 3.76. The number of nitrogens with one attached hydrogen (secondary N) is 1. The molecule has 0 spiro atoms. The van der Waals surface area contributed by atoms with Crippen LogP contribution in [0.4, 0.5) is 5.95 Å². The standard InChI is InChI=1S/C13H16N6/c1-4-12-10(8-19(3)18-12)7-15-13-16-9(2)5-11(6-14)17-13/h5,8H,4,7H2,1-3H3,(H,15,16,17). The molecule has 0 aliphatic heterocycles. The van der Waals surface area contributed by atoms with Crippen LogP contribution in [0.25, 0.3) is 0 Å². The van der Waals surface area contributed by atoms with Gasteiger partial charge >= 0.3 is 0 Å². The summed E-state index contributed by atoms with van der Waals surface area (Å²) in [6, 6.07) is 3.68. The molecule has 98 valence electrons. The van der Waals surface area contributed by atoms with Crippen LogP contribution in [0.5, 0.6) is 0 Å². The molecule has 0 atom stereocenters. The van der Waals surface area contributed by atoms with Gasteiger partial charge in [-0.25, -0.2) is 9.97 Å². The van der Waals surface area contributed by atoms with Crippen LogP contribution in [-0.2, 0) is 20.0 Å². The lowest BCUT2D eigenvalue weighted by atomic mass is 10.2. The SMILES string of the molecule is CCc1nn(C)cc1CNc1nc(C)cc(C#N)n1. The van der Waals surface area contributed by atoms with E-state index in [2.05, 4.69) is 27.3 Å². The first-order valence-electron chi connectivity index (χ1n) is 6.13. The molecule has 1 N–H and O–H groups in total. The Balaban J connectivity index is 2.14. The predicted octanol–water partition coefficient (Wildman–Crippen LogP) is 1.56. The molecule has 0 fully saturated rings. The molecule has 2 heterocycles. The number of rotatable bonds is 4. The molecule has 0 unspecified atom stereocenters. The van der Waals surface area contributed by atoms with Crippen molar-refractivity contribution < 1.29 is 0 Å². The normalized spacial score (nSPS) is 10.2. The first-order chi connectivity index (χ1) is 9.12. The lowest BCUT2D eigenvalue weighted by molar-refractivity contribution is 0.746. The highest BCUT2D eigenvalue weighted by molar-refractivity contribution is 5.34. The van der Waals surface area contributed by atoms with Gasteiger partial charge in [-0.05, 0) is 19.4 Å². The lowest BCUT2D eigenvalue weighted by Crippen LogP contribution is -2.06. The summed E-state index contributed by atoms with van der Waals surface area (Å²) < 4.78 is 1.80. The molecule has 0 aliphatic carbocycles. The molecule has 0 bridgehead atoms. The zero-order valence-electron chi connectivity index (χ0n) is 11.3. The second-order valence-electron chi connectivity index (χ2n) is 4.31. The Labute approximate surface area is 112 Å². The van der Waals surface area contributed by atoms with Crippen LogP contribution in [0.3, 0.4) is 0 Å². The van der Waals surface area contributed by atoms with E-state index < -0.39 is 0 Å². The van der Waals surface area contributed by atoms with Crippen LogP contribution in [0, 0.1) is 18.3 Å². The lowest BCUT2D eigenvalue weighted by Gasteiger charge is -2.05. The van der Waals surface area contributed by atoms with E-state index in [9.17, 15) is 0 Å². The second-order valence-corrected chi connectivity index (χ2v) is 4.31. The van der Waals surface area contributed by atoms with Gasteiger partial charge in [0, 0.05) is 31.0 Å². The highest BCUT2D eigenvalue weighted by Gasteiger charge is 2.07. The number of anilines is 1. The van der Waals surface area contributed by atoms with Gasteiger partial charge in [0.2, 0.25) is 5.95 Å². The van der Waals surface area contributed by atoms with E-state index in [1.807, 2.05) is 26.2 Å². The van der Waals surface area contributed by atoms with Crippen molar-refractivity contribution in [1.29, 1.82) is 5.26 Å². The molecular formula is C13H16N6. The van der Waals surface area contributed by atoms with Gasteiger partial charge in [-0.15, -0.1) is 0 Å². The van der Waals surface area contributed by atoms with Crippen LogP contribution < -0.4 is 5.32 Å². The minimum absolute atomic E-state index is 0.372. The summed E-state index contributed by atoms with van der Waals surface area (Å²) in [6.07, 6.45) is 2.86. The van der Waals surface area contributed by atoms with Crippen molar-refractivity contribution in [3.63, 3.8) is 0 Å². The fourth-order valence-electron chi connectivity index (χ4n) is 1.91. The summed E-state index contributed by atoms with van der Waals surface area (Å²) >= 11 is 0. The maximum Gasteiger partial charge on any atom is 0.224 e. The van der Waals surface area contributed by atoms with Crippen molar-refractivity contribution in [2.45, 2.75) is 26.8 Å². The summed E-state index contributed by atoms with van der Waals surface area (Å²) in [5.41, 5.74) is 3.32. The highest BCUT2D eigenvalue weighted by atomic mass is 15.3. The maximum absolute atomic E-state index is 8.88. The second kappa shape index (κ2) is 5.48. The Morgan fingerprint density at radius 1 is 1.42 bits per heavy atom. The monoisotopic (exact) mass is 256 g/mol. The molecule has 0 aromatic carbocycles. The number of aromatic nitrogens is 4. The van der Waals surface area contributed by atoms with Crippen LogP contribution in [0.2, 0.25) is 0 Å². The van der Waals surface area contributed by atoms with Gasteiger partial charge in [0.1, 0.15) is 11.8 Å². The zero-order valence-corrected chi connectivity index (χ0v) is 11.3. The first kappa shape index (κ1) is 13.0. The maximum atomic E-state index is 8.88. The molecule has 2 rings (SSSR count). The van der Waals surface area contributed by atoms with Crippen molar-refractivity contribution in [2.24, 2.45) is 7.05 Å². The van der Waals surface area contributed by atoms with E-state index in [1.165, 1.54) is 0 Å². The fraction of sp³-hybridized carbons (Fsp3) is 0.385. The van der Waals surface area contributed by atoms with Crippen molar-refractivity contribution in [3.8, 4) is 6.07 Å². The fourth-order valence-corrected chi connectivity index (χ4v) is 1.91. The van der Waals surface area contributed by atoms with Gasteiger partial charge < -0.3 is 5.32 Å². The van der Waals surface area contributed by atoms with Gasteiger partial charge in [0.25, 0.3) is 0 Å². The Hall–Kier alpha value is -2.42. The number of hydrogen-bond donors (Lipinski definition) is 1. The third kappa shape index (κ3) is 3.07. The zero-order chi connectivity index (χ0) is 13.8. The van der Waals surface area contributed by atoms with E-state index in [0.29, 0.717) is 18.2 Å². The van der Waals surface area contributed by atoms with Gasteiger partial charge in [-0.3, -0.25) is 4.68 Å². The van der Waals surface area contributed by atoms with Gasteiger partial charge in [-0.1, -0.05) is 6.92 Å². The van der Waals surface area contributed by atoms with Gasteiger partial charge in [0.15, 0.2) is 0 Å². The predicted molar refractivity (Wildman–Crippen MR) is 71.4 cm³/mol. The van der Waals surface area contributed by atoms with Crippen LogP contribution >= 0.6 is 0 Å². The van der Waals surface area contributed by atoms with E-state index >= 15 is 0 Å².